The van der Waals surface area contributed by atoms with Gasteiger partial charge in [0.25, 0.3) is 0 Å². The van der Waals surface area contributed by atoms with Gasteiger partial charge < -0.3 is 11.1 Å². The van der Waals surface area contributed by atoms with Gasteiger partial charge in [0, 0.05) is 31.5 Å². The summed E-state index contributed by atoms with van der Waals surface area (Å²) in [7, 11) is 0. The Labute approximate surface area is 345 Å². The molecule has 3 N–H and O–H groups in total. The smallest absolute Gasteiger partial charge is 0.0283 e. The molecule has 0 saturated heterocycles. The SMILES string of the molecule is BrCc1ccccc1.NCCc1ccccc1.c1ccc(CCN(Cc2ccccc2)Cc2ccccc2)cc1.c1ccc(CCNCc2ccccc2)cc1. The van der Waals surface area contributed by atoms with Crippen LogP contribution in [0.3, 0.4) is 0 Å². The third-order valence-electron chi connectivity index (χ3n) is 8.94. The van der Waals surface area contributed by atoms with E-state index in [0.29, 0.717) is 0 Å². The van der Waals surface area contributed by atoms with Crippen LogP contribution in [0, 0.1) is 0 Å². The second-order valence-electron chi connectivity index (χ2n) is 13.5. The zero-order valence-electron chi connectivity index (χ0n) is 32.7. The van der Waals surface area contributed by atoms with Crippen LogP contribution in [0.5, 0.6) is 0 Å². The van der Waals surface area contributed by atoms with Gasteiger partial charge >= 0.3 is 0 Å². The Balaban J connectivity index is 0.000000182. The number of alkyl halides is 1. The second kappa shape index (κ2) is 28.3. The van der Waals surface area contributed by atoms with Gasteiger partial charge in [-0.1, -0.05) is 228 Å². The molecule has 4 heteroatoms. The Morgan fingerprint density at radius 2 is 0.696 bits per heavy atom. The molecule has 7 aromatic carbocycles. The minimum Gasteiger partial charge on any atom is -0.330 e. The molecule has 0 bridgehead atoms. The maximum atomic E-state index is 5.36. The van der Waals surface area contributed by atoms with Crippen molar-refractivity contribution in [3.05, 3.63) is 251 Å². The summed E-state index contributed by atoms with van der Waals surface area (Å²) in [5, 5.41) is 4.40. The van der Waals surface area contributed by atoms with Gasteiger partial charge in [-0.2, -0.15) is 0 Å². The molecule has 0 aliphatic carbocycles. The summed E-state index contributed by atoms with van der Waals surface area (Å²) in [6.07, 6.45) is 3.16. The molecule has 0 aromatic heterocycles. The maximum absolute atomic E-state index is 5.36. The van der Waals surface area contributed by atoms with E-state index in [2.05, 4.69) is 196 Å². The molecule has 0 aliphatic rings. The molecule has 0 atom stereocenters. The first-order valence-corrected chi connectivity index (χ1v) is 20.8. The van der Waals surface area contributed by atoms with Gasteiger partial charge in [-0.3, -0.25) is 4.90 Å². The van der Waals surface area contributed by atoms with E-state index in [9.17, 15) is 0 Å². The van der Waals surface area contributed by atoms with E-state index in [1.165, 1.54) is 38.9 Å². The number of nitrogens with one attached hydrogen (secondary N) is 1. The highest BCUT2D eigenvalue weighted by Gasteiger charge is 2.07. The zero-order valence-corrected chi connectivity index (χ0v) is 34.3. The topological polar surface area (TPSA) is 41.3 Å². The molecule has 0 heterocycles. The fraction of sp³-hybridized carbons (Fsp3) is 0.192. The lowest BCUT2D eigenvalue weighted by Crippen LogP contribution is -2.25. The summed E-state index contributed by atoms with van der Waals surface area (Å²) in [4.78, 5) is 2.53. The molecule has 0 radical (unpaired) electrons. The van der Waals surface area contributed by atoms with Crippen molar-refractivity contribution in [2.45, 2.75) is 44.2 Å². The summed E-state index contributed by atoms with van der Waals surface area (Å²) < 4.78 is 0. The van der Waals surface area contributed by atoms with Crippen LogP contribution in [-0.2, 0) is 44.2 Å². The summed E-state index contributed by atoms with van der Waals surface area (Å²) in [6, 6.07) is 73.8. The Kier molecular flexibility index (Phi) is 22.1. The number of rotatable bonds is 15. The molecule has 0 fully saturated rings. The van der Waals surface area contributed by atoms with Gasteiger partial charge in [-0.25, -0.2) is 0 Å². The summed E-state index contributed by atoms with van der Waals surface area (Å²) >= 11 is 3.36. The van der Waals surface area contributed by atoms with E-state index in [4.69, 9.17) is 5.73 Å². The quantitative estimate of drug-likeness (QED) is 0.0801. The van der Waals surface area contributed by atoms with Gasteiger partial charge in [0.05, 0.1) is 0 Å². The highest BCUT2D eigenvalue weighted by molar-refractivity contribution is 9.08. The molecule has 0 saturated carbocycles. The predicted molar refractivity (Wildman–Crippen MR) is 244 cm³/mol. The fourth-order valence-corrected chi connectivity index (χ4v) is 6.29. The minimum absolute atomic E-state index is 0.740. The summed E-state index contributed by atoms with van der Waals surface area (Å²) in [6.45, 7) is 5.76. The Morgan fingerprint density at radius 1 is 0.375 bits per heavy atom. The molecular weight excluding hydrogens is 746 g/mol. The summed E-state index contributed by atoms with van der Waals surface area (Å²) in [5.74, 6) is 0. The predicted octanol–water partition coefficient (Wildman–Crippen LogP) is 11.7. The average molecular weight is 805 g/mol. The first kappa shape index (κ1) is 43.6. The fourth-order valence-electron chi connectivity index (χ4n) is 5.91. The number of nitrogens with two attached hydrogens (primary N) is 1. The zero-order chi connectivity index (χ0) is 39.1. The van der Waals surface area contributed by atoms with E-state index >= 15 is 0 Å². The lowest BCUT2D eigenvalue weighted by Gasteiger charge is -2.22. The standard InChI is InChI=1S/C22H23N.C15H17N.C8H11N.C7H7Br/c1-4-10-20(11-5-1)16-17-23(18-21-12-6-2-7-13-21)19-22-14-8-3-9-15-22;1-3-7-14(8-4-1)11-12-16-13-15-9-5-2-6-10-15;9-7-6-8-4-2-1-3-5-8;8-6-7-4-2-1-3-5-7/h1-15H,16-19H2;1-10,16H,11-13H2;1-5H,6-7,9H2;1-5H,6H2. The second-order valence-corrected chi connectivity index (χ2v) is 14.0. The molecule has 0 aliphatic heterocycles. The normalized spacial score (nSPS) is 10.2. The molecule has 7 aromatic rings. The van der Waals surface area contributed by atoms with E-state index in [-0.39, 0.29) is 0 Å². The van der Waals surface area contributed by atoms with Crippen molar-refractivity contribution in [2.75, 3.05) is 19.6 Å². The van der Waals surface area contributed by atoms with Crippen molar-refractivity contribution < 1.29 is 0 Å². The Hall–Kier alpha value is -5.10. The first-order valence-electron chi connectivity index (χ1n) is 19.7. The number of nitrogens with zero attached hydrogens (tertiary/aromatic N) is 1. The van der Waals surface area contributed by atoms with Crippen LogP contribution in [0.15, 0.2) is 212 Å². The number of halogens is 1. The molecule has 0 amide bonds. The van der Waals surface area contributed by atoms with Crippen molar-refractivity contribution in [2.24, 2.45) is 5.73 Å². The van der Waals surface area contributed by atoms with Crippen LogP contribution in [0.25, 0.3) is 0 Å². The lowest BCUT2D eigenvalue weighted by molar-refractivity contribution is 0.260. The van der Waals surface area contributed by atoms with Crippen molar-refractivity contribution in [1.29, 1.82) is 0 Å². The minimum atomic E-state index is 0.740. The van der Waals surface area contributed by atoms with Gasteiger partial charge in [-0.05, 0) is 71.3 Å². The van der Waals surface area contributed by atoms with Gasteiger partial charge in [0.1, 0.15) is 0 Å². The van der Waals surface area contributed by atoms with Crippen LogP contribution >= 0.6 is 15.9 Å². The summed E-state index contributed by atoms with van der Waals surface area (Å²) in [5.41, 5.74) is 14.9. The van der Waals surface area contributed by atoms with Crippen LogP contribution in [0.4, 0.5) is 0 Å². The van der Waals surface area contributed by atoms with Crippen molar-refractivity contribution in [3.8, 4) is 0 Å². The molecule has 288 valence electrons. The molecule has 0 spiro atoms. The van der Waals surface area contributed by atoms with Crippen LogP contribution in [0.1, 0.15) is 38.9 Å². The van der Waals surface area contributed by atoms with Gasteiger partial charge in [-0.15, -0.1) is 0 Å². The Morgan fingerprint density at radius 3 is 1.05 bits per heavy atom. The molecule has 7 rings (SSSR count). The van der Waals surface area contributed by atoms with Gasteiger partial charge in [0.15, 0.2) is 0 Å². The van der Waals surface area contributed by atoms with E-state index < -0.39 is 0 Å². The monoisotopic (exact) mass is 803 g/mol. The van der Waals surface area contributed by atoms with E-state index in [1.54, 1.807) is 0 Å². The average Bonchev–Trinajstić information content (AvgIpc) is 3.28. The maximum Gasteiger partial charge on any atom is 0.0283 e. The third kappa shape index (κ3) is 19.5. The third-order valence-corrected chi connectivity index (χ3v) is 9.58. The van der Waals surface area contributed by atoms with Crippen LogP contribution in [-0.4, -0.2) is 24.5 Å². The number of hydrogen-bond acceptors (Lipinski definition) is 3. The Bertz CT molecular complexity index is 1830. The van der Waals surface area contributed by atoms with E-state index in [1.807, 2.05) is 42.5 Å². The molecule has 3 nitrogen and oxygen atoms in total. The van der Waals surface area contributed by atoms with Crippen LogP contribution in [0.2, 0.25) is 0 Å². The van der Waals surface area contributed by atoms with Crippen molar-refractivity contribution in [3.63, 3.8) is 0 Å². The largest absolute Gasteiger partial charge is 0.330 e. The van der Waals surface area contributed by atoms with E-state index in [0.717, 1.165) is 63.9 Å². The van der Waals surface area contributed by atoms with Crippen LogP contribution < -0.4 is 11.1 Å². The van der Waals surface area contributed by atoms with Gasteiger partial charge in [0.2, 0.25) is 0 Å². The highest BCUT2D eigenvalue weighted by Crippen LogP contribution is 2.12. The van der Waals surface area contributed by atoms with Crippen molar-refractivity contribution >= 4 is 15.9 Å². The number of hydrogen-bond donors (Lipinski definition) is 2. The molecule has 56 heavy (non-hydrogen) atoms. The lowest BCUT2D eigenvalue weighted by atomic mass is 10.1. The molecule has 0 unspecified atom stereocenters. The number of benzene rings is 7. The first-order chi connectivity index (χ1) is 27.7. The molecular formula is C52H58BrN3. The van der Waals surface area contributed by atoms with Crippen molar-refractivity contribution in [1.82, 2.24) is 10.2 Å². The highest BCUT2D eigenvalue weighted by atomic mass is 79.9.